The summed E-state index contributed by atoms with van der Waals surface area (Å²) >= 11 is 0. The summed E-state index contributed by atoms with van der Waals surface area (Å²) in [5, 5.41) is 20.3. The number of carbonyl (C=O) groups excluding carboxylic acids is 1. The van der Waals surface area contributed by atoms with Crippen molar-refractivity contribution in [2.24, 2.45) is 0 Å². The van der Waals surface area contributed by atoms with Crippen LogP contribution < -0.4 is 32.9 Å². The molecule has 0 radical (unpaired) electrons. The number of H-pyrrole nitrogens is 3. The summed E-state index contributed by atoms with van der Waals surface area (Å²) in [6.45, 7) is 0. The molecule has 1 aromatic carbocycles. The number of hydrogen-bond acceptors (Lipinski definition) is 9. The largest absolute Gasteiger partial charge is 0.545 e. The number of aromatic amines is 3. The van der Waals surface area contributed by atoms with Crippen molar-refractivity contribution in [1.82, 2.24) is 15.0 Å². The van der Waals surface area contributed by atoms with E-state index in [1.165, 1.54) is 18.5 Å². The number of nitrogens with one attached hydrogen (secondary N) is 3. The third-order valence-corrected chi connectivity index (χ3v) is 2.75. The molecule has 29 heavy (non-hydrogen) atoms. The van der Waals surface area contributed by atoms with Crippen molar-refractivity contribution in [1.29, 1.82) is 0 Å². The number of carboxylic acid groups (broad SMARTS) is 1. The minimum Gasteiger partial charge on any atom is -0.545 e. The van der Waals surface area contributed by atoms with Crippen molar-refractivity contribution in [2.75, 3.05) is 11.5 Å². The zero-order valence-electron chi connectivity index (χ0n) is 14.6. The van der Waals surface area contributed by atoms with Crippen LogP contribution in [0.1, 0.15) is 10.4 Å². The fourth-order valence-corrected chi connectivity index (χ4v) is 1.52. The Morgan fingerprint density at radius 1 is 1.03 bits per heavy atom. The van der Waals surface area contributed by atoms with Crippen molar-refractivity contribution in [3.05, 3.63) is 85.4 Å². The number of hydrogen-bond donors (Lipinski definition) is 4. The molecule has 0 amide bonds. The number of nitrogens with zero attached hydrogens (tertiary/aromatic N) is 2. The van der Waals surface area contributed by atoms with Gasteiger partial charge in [-0.2, -0.15) is 9.78 Å². The van der Waals surface area contributed by atoms with Crippen LogP contribution in [0.15, 0.2) is 58.4 Å². The molecule has 0 fully saturated rings. The SMILES string of the molecule is Nc1cc[nH+]c(=O)[nH]1.Nc1ccnc(=O)[nH]1.O.O=C([O-])c1ccc([N+](=O)[O-])cc1. The van der Waals surface area contributed by atoms with Gasteiger partial charge in [-0.05, 0) is 23.8 Å². The summed E-state index contributed by atoms with van der Waals surface area (Å²) < 4.78 is 0. The molecule has 14 heteroatoms. The number of benzene rings is 1. The molecule has 2 heterocycles. The molecule has 0 aliphatic carbocycles. The number of nitro groups is 1. The predicted octanol–water partition coefficient (Wildman–Crippen LogP) is -2.74. The first-order valence-corrected chi connectivity index (χ1v) is 7.32. The molecular formula is C15H17N7O7. The van der Waals surface area contributed by atoms with Crippen LogP contribution in [0.3, 0.4) is 0 Å². The highest BCUT2D eigenvalue weighted by atomic mass is 16.6. The monoisotopic (exact) mass is 407 g/mol. The van der Waals surface area contributed by atoms with Gasteiger partial charge >= 0.3 is 11.4 Å². The van der Waals surface area contributed by atoms with Crippen LogP contribution in [0.25, 0.3) is 0 Å². The summed E-state index contributed by atoms with van der Waals surface area (Å²) in [6, 6.07) is 7.58. The second-order valence-corrected chi connectivity index (χ2v) is 4.81. The Balaban J connectivity index is 0.000000411. The number of carbonyl (C=O) groups is 1. The standard InChI is InChI=1S/C7H5NO4.2C4H5N3O.H2O/c9-7(10)5-1-3-6(4-2-5)8(11)12;2*5-3-1-2-6-4(8)7-3;/h1-4H,(H,9,10);2*1-2H,(H3,5,6,7,8);1H2. The lowest BCUT2D eigenvalue weighted by atomic mass is 10.2. The molecule has 0 atom stereocenters. The predicted molar refractivity (Wildman–Crippen MR) is 98.3 cm³/mol. The van der Waals surface area contributed by atoms with Crippen molar-refractivity contribution < 1.29 is 25.3 Å². The van der Waals surface area contributed by atoms with Gasteiger partial charge in [0.25, 0.3) is 5.69 Å². The zero-order valence-corrected chi connectivity index (χ0v) is 14.6. The highest BCUT2D eigenvalue weighted by Crippen LogP contribution is 2.10. The van der Waals surface area contributed by atoms with Crippen molar-refractivity contribution in [2.45, 2.75) is 0 Å². The summed E-state index contributed by atoms with van der Waals surface area (Å²) in [5.74, 6) is -0.636. The van der Waals surface area contributed by atoms with Crippen LogP contribution in [0.5, 0.6) is 0 Å². The van der Waals surface area contributed by atoms with Gasteiger partial charge in [0.15, 0.2) is 5.82 Å². The lowest BCUT2D eigenvalue weighted by Crippen LogP contribution is -2.28. The molecule has 0 bridgehead atoms. The molecule has 2 aromatic heterocycles. The average Bonchev–Trinajstić information content (AvgIpc) is 2.62. The molecule has 9 N–H and O–H groups in total. The summed E-state index contributed by atoms with van der Waals surface area (Å²) in [5.41, 5.74) is 9.44. The number of anilines is 2. The van der Waals surface area contributed by atoms with Gasteiger partial charge in [-0.1, -0.05) is 0 Å². The first-order valence-electron chi connectivity index (χ1n) is 7.32. The van der Waals surface area contributed by atoms with E-state index in [2.05, 4.69) is 19.9 Å². The Kier molecular flexibility index (Phi) is 10.0. The van der Waals surface area contributed by atoms with E-state index >= 15 is 0 Å². The lowest BCUT2D eigenvalue weighted by Gasteiger charge is -1.99. The van der Waals surface area contributed by atoms with E-state index in [-0.39, 0.29) is 22.4 Å². The molecule has 154 valence electrons. The molecule has 3 rings (SSSR count). The highest BCUT2D eigenvalue weighted by molar-refractivity contribution is 5.85. The zero-order chi connectivity index (χ0) is 21.1. The fraction of sp³-hybridized carbons (Fsp3) is 0. The topological polar surface area (TPSA) is 260 Å². The lowest BCUT2D eigenvalue weighted by molar-refractivity contribution is -0.402. The quantitative estimate of drug-likeness (QED) is 0.253. The van der Waals surface area contributed by atoms with Crippen molar-refractivity contribution in [3.8, 4) is 0 Å². The minimum atomic E-state index is -1.34. The maximum atomic E-state index is 10.3. The summed E-state index contributed by atoms with van der Waals surface area (Å²) in [6.07, 6.45) is 2.84. The second kappa shape index (κ2) is 11.9. The Morgan fingerprint density at radius 3 is 1.97 bits per heavy atom. The third kappa shape index (κ3) is 9.61. The number of carboxylic acids is 1. The average molecular weight is 407 g/mol. The summed E-state index contributed by atoms with van der Waals surface area (Å²) in [7, 11) is 0. The van der Waals surface area contributed by atoms with Crippen LogP contribution >= 0.6 is 0 Å². The van der Waals surface area contributed by atoms with Gasteiger partial charge in [0, 0.05) is 24.4 Å². The Labute approximate surface area is 161 Å². The van der Waals surface area contributed by atoms with E-state index in [9.17, 15) is 29.6 Å². The fourth-order valence-electron chi connectivity index (χ4n) is 1.52. The van der Waals surface area contributed by atoms with Gasteiger partial charge in [0.1, 0.15) is 5.82 Å². The normalized spacial score (nSPS) is 8.83. The van der Waals surface area contributed by atoms with Crippen LogP contribution in [0.4, 0.5) is 17.3 Å². The molecular weight excluding hydrogens is 390 g/mol. The summed E-state index contributed by atoms with van der Waals surface area (Å²) in [4.78, 5) is 50.6. The third-order valence-electron chi connectivity index (χ3n) is 2.75. The number of aromatic nitrogens is 4. The molecule has 0 unspecified atom stereocenters. The molecule has 0 aliphatic rings. The van der Waals surface area contributed by atoms with E-state index in [0.29, 0.717) is 11.6 Å². The number of rotatable bonds is 2. The van der Waals surface area contributed by atoms with Gasteiger partial charge < -0.3 is 26.8 Å². The molecule has 0 spiro atoms. The van der Waals surface area contributed by atoms with Crippen LogP contribution in [-0.4, -0.2) is 31.3 Å². The molecule has 0 saturated carbocycles. The Hall–Kier alpha value is -4.59. The van der Waals surface area contributed by atoms with Gasteiger partial charge in [0.05, 0.1) is 17.1 Å². The smallest absolute Gasteiger partial charge is 0.495 e. The number of nitrogen functional groups attached to an aromatic ring is 2. The second-order valence-electron chi connectivity index (χ2n) is 4.81. The van der Waals surface area contributed by atoms with E-state index in [0.717, 1.165) is 24.3 Å². The Bertz CT molecular complexity index is 963. The molecule has 0 saturated heterocycles. The van der Waals surface area contributed by atoms with Crippen LogP contribution in [0.2, 0.25) is 0 Å². The van der Waals surface area contributed by atoms with Crippen LogP contribution in [0, 0.1) is 10.1 Å². The minimum absolute atomic E-state index is 0. The van der Waals surface area contributed by atoms with Gasteiger partial charge in [-0.3, -0.25) is 15.1 Å². The number of nitro benzene ring substituents is 1. The number of aromatic carboxylic acids is 1. The highest BCUT2D eigenvalue weighted by Gasteiger charge is 2.03. The van der Waals surface area contributed by atoms with E-state index in [1.807, 2.05) is 0 Å². The van der Waals surface area contributed by atoms with E-state index < -0.39 is 16.6 Å². The number of non-ortho nitro benzene ring substituents is 1. The van der Waals surface area contributed by atoms with Crippen LogP contribution in [-0.2, 0) is 0 Å². The van der Waals surface area contributed by atoms with Gasteiger partial charge in [-0.15, -0.1) is 0 Å². The maximum absolute atomic E-state index is 10.3. The van der Waals surface area contributed by atoms with Crippen molar-refractivity contribution >= 4 is 23.3 Å². The van der Waals surface area contributed by atoms with Gasteiger partial charge in [-0.25, -0.2) is 14.8 Å². The number of nitrogens with two attached hydrogens (primary N) is 2. The molecule has 14 nitrogen and oxygen atoms in total. The van der Waals surface area contributed by atoms with E-state index in [4.69, 9.17) is 11.5 Å². The molecule has 3 aromatic rings. The molecule has 0 aliphatic heterocycles. The van der Waals surface area contributed by atoms with Crippen molar-refractivity contribution in [3.63, 3.8) is 0 Å². The first kappa shape index (κ1) is 24.4. The Morgan fingerprint density at radius 2 is 1.62 bits per heavy atom. The first-order chi connectivity index (χ1) is 13.2. The van der Waals surface area contributed by atoms with Gasteiger partial charge in [0.2, 0.25) is 0 Å². The maximum Gasteiger partial charge on any atom is 0.495 e. The van der Waals surface area contributed by atoms with E-state index in [1.54, 1.807) is 6.07 Å².